The highest BCUT2D eigenvalue weighted by atomic mass is 16.2. The Morgan fingerprint density at radius 2 is 1.84 bits per heavy atom. The minimum Gasteiger partial charge on any atom is -0.334 e. The van der Waals surface area contributed by atoms with Gasteiger partial charge in [-0.15, -0.1) is 0 Å². The standard InChI is InChI=1S/C23H22N4O5/c1-13(28)15-3-5-17(6-4-15)25-23(32)24-11-14-2-7-18-16(10-14)12-27(22(18)31)19-8-9-20(29)26-21(19)30/h2-7,10,19H,8-9,11-12H2,1H3,(H2,24,25,32)(H,26,29,30). The molecule has 1 fully saturated rings. The molecule has 9 nitrogen and oxygen atoms in total. The van der Waals surface area contributed by atoms with Crippen molar-refractivity contribution in [1.82, 2.24) is 15.5 Å². The fourth-order valence-electron chi connectivity index (χ4n) is 3.88. The Morgan fingerprint density at radius 1 is 1.09 bits per heavy atom. The smallest absolute Gasteiger partial charge is 0.319 e. The first-order valence-corrected chi connectivity index (χ1v) is 10.2. The number of hydrogen-bond donors (Lipinski definition) is 3. The van der Waals surface area contributed by atoms with E-state index in [2.05, 4.69) is 16.0 Å². The van der Waals surface area contributed by atoms with E-state index in [4.69, 9.17) is 0 Å². The summed E-state index contributed by atoms with van der Waals surface area (Å²) in [6.45, 7) is 2.00. The summed E-state index contributed by atoms with van der Waals surface area (Å²) in [5.74, 6) is -1.05. The van der Waals surface area contributed by atoms with E-state index >= 15 is 0 Å². The van der Waals surface area contributed by atoms with Crippen molar-refractivity contribution in [3.63, 3.8) is 0 Å². The number of amides is 5. The molecule has 0 aromatic heterocycles. The number of rotatable bonds is 5. The quantitative estimate of drug-likeness (QED) is 0.490. The lowest BCUT2D eigenvalue weighted by Crippen LogP contribution is -2.52. The molecule has 0 aliphatic carbocycles. The molecule has 9 heteroatoms. The molecule has 1 saturated heterocycles. The van der Waals surface area contributed by atoms with Crippen molar-refractivity contribution in [2.75, 3.05) is 5.32 Å². The molecule has 0 spiro atoms. The maximum atomic E-state index is 12.7. The van der Waals surface area contributed by atoms with Crippen LogP contribution in [0.25, 0.3) is 0 Å². The van der Waals surface area contributed by atoms with Gasteiger partial charge in [-0.2, -0.15) is 0 Å². The number of carbonyl (C=O) groups is 5. The third-order valence-electron chi connectivity index (χ3n) is 5.59. The number of hydrogen-bond acceptors (Lipinski definition) is 5. The predicted octanol–water partition coefficient (Wildman–Crippen LogP) is 1.97. The van der Waals surface area contributed by atoms with Crippen molar-refractivity contribution in [3.05, 3.63) is 64.7 Å². The lowest BCUT2D eigenvalue weighted by atomic mass is 10.0. The van der Waals surface area contributed by atoms with Gasteiger partial charge in [0.15, 0.2) is 5.78 Å². The number of carbonyl (C=O) groups excluding carboxylic acids is 5. The molecule has 2 aromatic rings. The van der Waals surface area contributed by atoms with Gasteiger partial charge in [-0.25, -0.2) is 4.79 Å². The second-order valence-electron chi connectivity index (χ2n) is 7.83. The Kier molecular flexibility index (Phi) is 5.72. The summed E-state index contributed by atoms with van der Waals surface area (Å²) >= 11 is 0. The summed E-state index contributed by atoms with van der Waals surface area (Å²) in [5.41, 5.74) is 3.23. The van der Waals surface area contributed by atoms with Gasteiger partial charge in [0.1, 0.15) is 6.04 Å². The zero-order chi connectivity index (χ0) is 22.8. The van der Waals surface area contributed by atoms with E-state index in [1.165, 1.54) is 11.8 Å². The van der Waals surface area contributed by atoms with E-state index in [1.54, 1.807) is 36.4 Å². The van der Waals surface area contributed by atoms with Gasteiger partial charge in [0.05, 0.1) is 0 Å². The molecule has 5 amide bonds. The first-order valence-electron chi connectivity index (χ1n) is 10.2. The summed E-state index contributed by atoms with van der Waals surface area (Å²) in [6.07, 6.45) is 0.519. The third-order valence-corrected chi connectivity index (χ3v) is 5.59. The second kappa shape index (κ2) is 8.62. The van der Waals surface area contributed by atoms with Crippen LogP contribution in [0, 0.1) is 0 Å². The van der Waals surface area contributed by atoms with Crippen LogP contribution < -0.4 is 16.0 Å². The van der Waals surface area contributed by atoms with Crippen molar-refractivity contribution in [1.29, 1.82) is 0 Å². The van der Waals surface area contributed by atoms with Crippen molar-refractivity contribution in [2.24, 2.45) is 0 Å². The average molecular weight is 434 g/mol. The van der Waals surface area contributed by atoms with Crippen LogP contribution in [0.4, 0.5) is 10.5 Å². The van der Waals surface area contributed by atoms with Crippen LogP contribution in [0.3, 0.4) is 0 Å². The SMILES string of the molecule is CC(=O)c1ccc(NC(=O)NCc2ccc3c(c2)CN(C2CCC(=O)NC2=O)C3=O)cc1. The topological polar surface area (TPSA) is 125 Å². The maximum Gasteiger partial charge on any atom is 0.319 e. The molecule has 0 saturated carbocycles. The fraction of sp³-hybridized carbons (Fsp3) is 0.261. The normalized spacial score (nSPS) is 17.6. The number of imide groups is 1. The van der Waals surface area contributed by atoms with Gasteiger partial charge >= 0.3 is 6.03 Å². The van der Waals surface area contributed by atoms with Crippen molar-refractivity contribution in [3.8, 4) is 0 Å². The summed E-state index contributed by atoms with van der Waals surface area (Å²) in [4.78, 5) is 61.2. The molecule has 2 aromatic carbocycles. The Bertz CT molecular complexity index is 1130. The number of ketones is 1. The zero-order valence-electron chi connectivity index (χ0n) is 17.4. The minimum atomic E-state index is -0.658. The van der Waals surface area contributed by atoms with Crippen LogP contribution in [0.15, 0.2) is 42.5 Å². The predicted molar refractivity (Wildman–Crippen MR) is 115 cm³/mol. The fourth-order valence-corrected chi connectivity index (χ4v) is 3.88. The van der Waals surface area contributed by atoms with Gasteiger partial charge in [-0.05, 0) is 54.8 Å². The summed E-state index contributed by atoms with van der Waals surface area (Å²) < 4.78 is 0. The Morgan fingerprint density at radius 3 is 2.53 bits per heavy atom. The van der Waals surface area contributed by atoms with Crippen LogP contribution in [0.1, 0.15) is 51.6 Å². The van der Waals surface area contributed by atoms with Gasteiger partial charge in [0.25, 0.3) is 5.91 Å². The molecule has 1 atom stereocenters. The highest BCUT2D eigenvalue weighted by molar-refractivity contribution is 6.05. The number of Topliss-reactive ketones (excluding diaryl/α,β-unsaturated/α-hetero) is 1. The van der Waals surface area contributed by atoms with Crippen LogP contribution in [-0.4, -0.2) is 40.5 Å². The van der Waals surface area contributed by atoms with Gasteiger partial charge in [-0.3, -0.25) is 24.5 Å². The van der Waals surface area contributed by atoms with Crippen molar-refractivity contribution >= 4 is 35.2 Å². The number of nitrogens with zero attached hydrogens (tertiary/aromatic N) is 1. The Labute approximate surface area is 184 Å². The number of benzene rings is 2. The van der Waals surface area contributed by atoms with Crippen LogP contribution >= 0.6 is 0 Å². The number of piperidine rings is 1. The lowest BCUT2D eigenvalue weighted by Gasteiger charge is -2.29. The molecular weight excluding hydrogens is 412 g/mol. The average Bonchev–Trinajstić information content (AvgIpc) is 3.08. The molecule has 2 aliphatic rings. The maximum absolute atomic E-state index is 12.7. The van der Waals surface area contributed by atoms with Gasteiger partial charge in [0, 0.05) is 36.3 Å². The molecule has 0 radical (unpaired) electrons. The van der Waals surface area contributed by atoms with E-state index in [-0.39, 0.29) is 37.1 Å². The number of fused-ring (bicyclic) bond motifs is 1. The third kappa shape index (κ3) is 4.36. The monoisotopic (exact) mass is 434 g/mol. The Hall–Kier alpha value is -4.01. The molecule has 2 heterocycles. The Balaban J connectivity index is 1.36. The van der Waals surface area contributed by atoms with E-state index in [9.17, 15) is 24.0 Å². The highest BCUT2D eigenvalue weighted by Crippen LogP contribution is 2.28. The molecule has 2 aliphatic heterocycles. The highest BCUT2D eigenvalue weighted by Gasteiger charge is 2.39. The van der Waals surface area contributed by atoms with Crippen LogP contribution in [0.5, 0.6) is 0 Å². The van der Waals surface area contributed by atoms with E-state index in [0.29, 0.717) is 23.2 Å². The molecule has 0 bridgehead atoms. The number of urea groups is 1. The molecule has 3 N–H and O–H groups in total. The number of anilines is 1. The first-order chi connectivity index (χ1) is 15.3. The van der Waals surface area contributed by atoms with E-state index in [0.717, 1.165) is 11.1 Å². The van der Waals surface area contributed by atoms with Gasteiger partial charge in [0.2, 0.25) is 11.8 Å². The van der Waals surface area contributed by atoms with E-state index in [1.807, 2.05) is 6.07 Å². The minimum absolute atomic E-state index is 0.0488. The van der Waals surface area contributed by atoms with Crippen LogP contribution in [-0.2, 0) is 22.7 Å². The van der Waals surface area contributed by atoms with Crippen molar-refractivity contribution < 1.29 is 24.0 Å². The molecular formula is C23H22N4O5. The molecule has 1 unspecified atom stereocenters. The zero-order valence-corrected chi connectivity index (χ0v) is 17.4. The summed E-state index contributed by atoms with van der Waals surface area (Å²) in [5, 5.41) is 7.74. The summed E-state index contributed by atoms with van der Waals surface area (Å²) in [7, 11) is 0. The van der Waals surface area contributed by atoms with Gasteiger partial charge < -0.3 is 15.5 Å². The molecule has 32 heavy (non-hydrogen) atoms. The largest absolute Gasteiger partial charge is 0.334 e. The number of nitrogens with one attached hydrogen (secondary N) is 3. The lowest BCUT2D eigenvalue weighted by molar-refractivity contribution is -0.136. The van der Waals surface area contributed by atoms with Gasteiger partial charge in [-0.1, -0.05) is 12.1 Å². The molecule has 164 valence electrons. The second-order valence-corrected chi connectivity index (χ2v) is 7.83. The van der Waals surface area contributed by atoms with Crippen LogP contribution in [0.2, 0.25) is 0 Å². The van der Waals surface area contributed by atoms with Crippen molar-refractivity contribution in [2.45, 2.75) is 38.9 Å². The van der Waals surface area contributed by atoms with E-state index < -0.39 is 18.0 Å². The first kappa shape index (κ1) is 21.2. The molecule has 4 rings (SSSR count). The summed E-state index contributed by atoms with van der Waals surface area (Å²) in [6, 6.07) is 10.8.